The van der Waals surface area contributed by atoms with E-state index in [1.165, 1.54) is 36.4 Å². The van der Waals surface area contributed by atoms with E-state index in [1.54, 1.807) is 6.07 Å². The maximum Gasteiger partial charge on any atom is 0.419 e. The van der Waals surface area contributed by atoms with Crippen molar-refractivity contribution in [2.45, 2.75) is 18.6 Å². The van der Waals surface area contributed by atoms with E-state index >= 15 is 0 Å². The van der Waals surface area contributed by atoms with Gasteiger partial charge >= 0.3 is 6.11 Å². The number of nitrogens with two attached hydrogens (primary N) is 1. The van der Waals surface area contributed by atoms with E-state index in [-0.39, 0.29) is 17.9 Å². The van der Waals surface area contributed by atoms with Gasteiger partial charge in [-0.2, -0.15) is 8.78 Å². The van der Waals surface area contributed by atoms with E-state index in [0.717, 1.165) is 16.5 Å². The highest BCUT2D eigenvalue weighted by atomic mass is 19.3. The predicted octanol–water partition coefficient (Wildman–Crippen LogP) is 5.43. The second-order valence-electron chi connectivity index (χ2n) is 8.06. The van der Waals surface area contributed by atoms with E-state index < -0.39 is 23.9 Å². The number of halogens is 3. The standard InChI is InChI=1S/C27H24F3N3O2/c1-2-27(29,30)35-25-11-10-18(17-6-5-7-20(28)12-17)14-23(25)26(34)33-21(15-31)13-19-16-32-24-9-4-3-8-22(19)24/h2-12,14,16,21,32H,1,13,15,31H2,(H,33,34). The van der Waals surface area contributed by atoms with Gasteiger partial charge in [-0.1, -0.05) is 43.0 Å². The summed E-state index contributed by atoms with van der Waals surface area (Å²) in [5.41, 5.74) is 8.65. The topological polar surface area (TPSA) is 80.1 Å². The van der Waals surface area contributed by atoms with Gasteiger partial charge in [0.15, 0.2) is 0 Å². The molecular formula is C27H24F3N3O2. The summed E-state index contributed by atoms with van der Waals surface area (Å²) in [5.74, 6) is -1.45. The fourth-order valence-corrected chi connectivity index (χ4v) is 3.85. The van der Waals surface area contributed by atoms with Crippen molar-refractivity contribution in [2.24, 2.45) is 5.73 Å². The monoisotopic (exact) mass is 479 g/mol. The van der Waals surface area contributed by atoms with Crippen LogP contribution in [0.2, 0.25) is 0 Å². The predicted molar refractivity (Wildman–Crippen MR) is 130 cm³/mol. The van der Waals surface area contributed by atoms with Crippen molar-refractivity contribution in [1.82, 2.24) is 10.3 Å². The number of aromatic amines is 1. The van der Waals surface area contributed by atoms with Crippen molar-refractivity contribution in [3.8, 4) is 16.9 Å². The minimum atomic E-state index is -3.69. The quantitative estimate of drug-likeness (QED) is 0.280. The van der Waals surface area contributed by atoms with E-state index in [1.807, 2.05) is 30.5 Å². The number of nitrogens with one attached hydrogen (secondary N) is 2. The number of rotatable bonds is 9. The zero-order valence-corrected chi connectivity index (χ0v) is 18.7. The van der Waals surface area contributed by atoms with Gasteiger partial charge in [0.25, 0.3) is 5.91 Å². The zero-order chi connectivity index (χ0) is 25.0. The van der Waals surface area contributed by atoms with Gasteiger partial charge in [-0.05, 0) is 53.4 Å². The summed E-state index contributed by atoms with van der Waals surface area (Å²) in [4.78, 5) is 16.4. The third kappa shape index (κ3) is 5.55. The minimum absolute atomic E-state index is 0.119. The molecule has 1 aromatic heterocycles. The maximum absolute atomic E-state index is 13.9. The summed E-state index contributed by atoms with van der Waals surface area (Å²) in [6.07, 6.45) is -1.07. The number of carbonyl (C=O) groups excluding carboxylic acids is 1. The molecule has 180 valence electrons. The number of para-hydroxylation sites is 1. The molecule has 1 unspecified atom stereocenters. The highest BCUT2D eigenvalue weighted by Gasteiger charge is 2.29. The van der Waals surface area contributed by atoms with Crippen LogP contribution < -0.4 is 15.8 Å². The molecule has 4 N–H and O–H groups in total. The molecule has 0 aliphatic carbocycles. The summed E-state index contributed by atoms with van der Waals surface area (Å²) < 4.78 is 46.4. The minimum Gasteiger partial charge on any atom is -0.429 e. The molecular weight excluding hydrogens is 455 g/mol. The lowest BCUT2D eigenvalue weighted by atomic mass is 10.0. The van der Waals surface area contributed by atoms with Crippen molar-refractivity contribution in [3.63, 3.8) is 0 Å². The van der Waals surface area contributed by atoms with Gasteiger partial charge in [0.2, 0.25) is 0 Å². The second-order valence-corrected chi connectivity index (χ2v) is 8.06. The fraction of sp³-hybridized carbons (Fsp3) is 0.148. The summed E-state index contributed by atoms with van der Waals surface area (Å²) in [5, 5.41) is 3.82. The molecule has 35 heavy (non-hydrogen) atoms. The van der Waals surface area contributed by atoms with Gasteiger partial charge in [-0.15, -0.1) is 0 Å². The van der Waals surface area contributed by atoms with Crippen LogP contribution in [0.3, 0.4) is 0 Å². The first-order valence-electron chi connectivity index (χ1n) is 11.0. The van der Waals surface area contributed by atoms with Crippen molar-refractivity contribution in [3.05, 3.63) is 103 Å². The van der Waals surface area contributed by atoms with Gasteiger partial charge < -0.3 is 20.8 Å². The molecule has 5 nitrogen and oxygen atoms in total. The molecule has 1 heterocycles. The SMILES string of the molecule is C=CC(F)(F)Oc1ccc(-c2cccc(F)c2)cc1C(=O)NC(CN)Cc1c[nH]c2ccccc12. The molecule has 0 fully saturated rings. The molecule has 0 spiro atoms. The maximum atomic E-state index is 13.9. The van der Waals surface area contributed by atoms with Gasteiger partial charge in [0, 0.05) is 35.8 Å². The number of carbonyl (C=O) groups is 1. The molecule has 0 radical (unpaired) electrons. The van der Waals surface area contributed by atoms with Gasteiger partial charge in [0.05, 0.1) is 5.56 Å². The Morgan fingerprint density at radius 3 is 2.63 bits per heavy atom. The first kappa shape index (κ1) is 24.1. The number of amides is 1. The van der Waals surface area contributed by atoms with Crippen molar-refractivity contribution >= 4 is 16.8 Å². The number of alkyl halides is 2. The van der Waals surface area contributed by atoms with Crippen LogP contribution in [0, 0.1) is 5.82 Å². The third-order valence-corrected chi connectivity index (χ3v) is 5.63. The van der Waals surface area contributed by atoms with E-state index in [4.69, 9.17) is 10.5 Å². The lowest BCUT2D eigenvalue weighted by Gasteiger charge is -2.20. The average Bonchev–Trinajstić information content (AvgIpc) is 3.26. The molecule has 4 aromatic rings. The third-order valence-electron chi connectivity index (χ3n) is 5.63. The molecule has 8 heteroatoms. The van der Waals surface area contributed by atoms with Crippen molar-refractivity contribution in [2.75, 3.05) is 6.54 Å². The van der Waals surface area contributed by atoms with Gasteiger partial charge in [-0.25, -0.2) is 4.39 Å². The lowest BCUT2D eigenvalue weighted by molar-refractivity contribution is -0.131. The van der Waals surface area contributed by atoms with Crippen LogP contribution in [0.1, 0.15) is 15.9 Å². The molecule has 1 atom stereocenters. The van der Waals surface area contributed by atoms with E-state index in [9.17, 15) is 18.0 Å². The number of hydrogen-bond donors (Lipinski definition) is 3. The van der Waals surface area contributed by atoms with Crippen molar-refractivity contribution < 1.29 is 22.7 Å². The highest BCUT2D eigenvalue weighted by molar-refractivity contribution is 5.98. The molecule has 0 saturated heterocycles. The number of ether oxygens (including phenoxy) is 1. The van der Waals surface area contributed by atoms with Crippen LogP contribution in [0.15, 0.2) is 85.6 Å². The number of fused-ring (bicyclic) bond motifs is 1. The summed E-state index contributed by atoms with van der Waals surface area (Å²) in [6.45, 7) is 3.19. The van der Waals surface area contributed by atoms with E-state index in [0.29, 0.717) is 23.6 Å². The molecule has 0 aliphatic heterocycles. The number of benzene rings is 3. The van der Waals surface area contributed by atoms with Crippen LogP contribution in [0.4, 0.5) is 13.2 Å². The molecule has 0 aliphatic rings. The smallest absolute Gasteiger partial charge is 0.419 e. The van der Waals surface area contributed by atoms with Crippen molar-refractivity contribution in [1.29, 1.82) is 0 Å². The van der Waals surface area contributed by atoms with E-state index in [2.05, 4.69) is 16.9 Å². The Hall–Kier alpha value is -4.04. The normalized spacial score (nSPS) is 12.3. The highest BCUT2D eigenvalue weighted by Crippen LogP contribution is 2.31. The number of hydrogen-bond acceptors (Lipinski definition) is 3. The molecule has 0 saturated carbocycles. The lowest BCUT2D eigenvalue weighted by Crippen LogP contribution is -2.42. The van der Waals surface area contributed by atoms with Gasteiger partial charge in [0.1, 0.15) is 11.6 Å². The largest absolute Gasteiger partial charge is 0.429 e. The Morgan fingerprint density at radius 1 is 1.11 bits per heavy atom. The summed E-state index contributed by atoms with van der Waals surface area (Å²) in [6, 6.07) is 17.1. The first-order valence-corrected chi connectivity index (χ1v) is 11.0. The summed E-state index contributed by atoms with van der Waals surface area (Å²) >= 11 is 0. The van der Waals surface area contributed by atoms with Crippen LogP contribution in [-0.2, 0) is 6.42 Å². The Bertz CT molecular complexity index is 1370. The molecule has 0 bridgehead atoms. The molecule has 4 rings (SSSR count). The Labute approximate surface area is 200 Å². The Kier molecular flexibility index (Phi) is 6.93. The summed E-state index contributed by atoms with van der Waals surface area (Å²) in [7, 11) is 0. The Balaban J connectivity index is 1.64. The Morgan fingerprint density at radius 2 is 1.89 bits per heavy atom. The van der Waals surface area contributed by atoms with Crippen LogP contribution in [0.25, 0.3) is 22.0 Å². The van der Waals surface area contributed by atoms with Crippen LogP contribution in [0.5, 0.6) is 5.75 Å². The average molecular weight is 480 g/mol. The molecule has 1 amide bonds. The zero-order valence-electron chi connectivity index (χ0n) is 18.7. The number of H-pyrrole nitrogens is 1. The fourth-order valence-electron chi connectivity index (χ4n) is 3.85. The second kappa shape index (κ2) is 10.1. The van der Waals surface area contributed by atoms with Gasteiger partial charge in [-0.3, -0.25) is 4.79 Å². The van der Waals surface area contributed by atoms with Crippen LogP contribution >= 0.6 is 0 Å². The number of aromatic nitrogens is 1. The molecule has 3 aromatic carbocycles. The first-order chi connectivity index (χ1) is 16.8. The van der Waals surface area contributed by atoms with Crippen LogP contribution in [-0.4, -0.2) is 29.6 Å².